The topological polar surface area (TPSA) is 78.8 Å². The second-order valence-electron chi connectivity index (χ2n) is 9.90. The first-order valence-corrected chi connectivity index (χ1v) is 14.1. The highest BCUT2D eigenvalue weighted by Gasteiger charge is 2.28. The van der Waals surface area contributed by atoms with Crippen LogP contribution in [0, 0.1) is 0 Å². The number of aromatic nitrogens is 1. The van der Waals surface area contributed by atoms with Crippen LogP contribution in [0.5, 0.6) is 11.5 Å². The quantitative estimate of drug-likeness (QED) is 0.143. The van der Waals surface area contributed by atoms with Crippen LogP contribution in [0.15, 0.2) is 77.8 Å². The summed E-state index contributed by atoms with van der Waals surface area (Å²) in [5, 5.41) is 0.944. The van der Waals surface area contributed by atoms with Crippen molar-refractivity contribution in [1.29, 1.82) is 0 Å². The third-order valence-electron chi connectivity index (χ3n) is 6.86. The van der Waals surface area contributed by atoms with E-state index in [2.05, 4.69) is 30.7 Å². The third-order valence-corrected chi connectivity index (χ3v) is 7.67. The molecule has 0 bridgehead atoms. The number of fused-ring (bicyclic) bond motifs is 2. The van der Waals surface area contributed by atoms with Crippen LogP contribution in [0.1, 0.15) is 54.9 Å². The van der Waals surface area contributed by atoms with Gasteiger partial charge in [0.2, 0.25) is 12.7 Å². The van der Waals surface area contributed by atoms with Gasteiger partial charge in [-0.05, 0) is 83.5 Å². The van der Waals surface area contributed by atoms with Crippen LogP contribution < -0.4 is 14.2 Å². The van der Waals surface area contributed by atoms with E-state index in [0.717, 1.165) is 32.5 Å². The molecule has 1 atom stereocenters. The van der Waals surface area contributed by atoms with Crippen LogP contribution in [0.2, 0.25) is 0 Å². The summed E-state index contributed by atoms with van der Waals surface area (Å²) in [5.41, 5.74) is 4.72. The van der Waals surface area contributed by atoms with Crippen molar-refractivity contribution in [1.82, 2.24) is 9.29 Å². The highest BCUT2D eigenvalue weighted by Crippen LogP contribution is 2.39. The number of aryl methyl sites for hydroxylation is 1. The maximum absolute atomic E-state index is 13.9. The van der Waals surface area contributed by atoms with E-state index in [1.54, 1.807) is 13.0 Å². The minimum atomic E-state index is -0.596. The first-order chi connectivity index (χ1) is 19.3. The van der Waals surface area contributed by atoms with Gasteiger partial charge in [0.1, 0.15) is 0 Å². The van der Waals surface area contributed by atoms with Crippen molar-refractivity contribution in [2.75, 3.05) is 13.4 Å². The van der Waals surface area contributed by atoms with E-state index in [9.17, 15) is 9.59 Å². The molecule has 5 rings (SSSR count). The first kappa shape index (κ1) is 27.4. The Morgan fingerprint density at radius 2 is 1.77 bits per heavy atom. The molecule has 3 aromatic carbocycles. The second kappa shape index (κ2) is 11.9. The van der Waals surface area contributed by atoms with Crippen LogP contribution >= 0.6 is 11.9 Å². The van der Waals surface area contributed by atoms with Crippen molar-refractivity contribution in [2.24, 2.45) is 7.05 Å². The lowest BCUT2D eigenvalue weighted by Crippen LogP contribution is -2.25. The molecule has 0 fully saturated rings. The Bertz CT molecular complexity index is 1570. The van der Waals surface area contributed by atoms with E-state index in [1.807, 2.05) is 66.3 Å². The molecule has 0 radical (unpaired) electrons. The summed E-state index contributed by atoms with van der Waals surface area (Å²) in [6, 6.07) is 19.8. The Hall–Kier alpha value is -4.17. The highest BCUT2D eigenvalue weighted by molar-refractivity contribution is 7.98. The highest BCUT2D eigenvalue weighted by atomic mass is 32.2. The predicted octanol–water partition coefficient (Wildman–Crippen LogP) is 6.56. The lowest BCUT2D eigenvalue weighted by molar-refractivity contribution is -0.137. The summed E-state index contributed by atoms with van der Waals surface area (Å²) in [6.45, 7) is 6.58. The van der Waals surface area contributed by atoms with Gasteiger partial charge < -0.3 is 18.8 Å². The summed E-state index contributed by atoms with van der Waals surface area (Å²) < 4.78 is 21.2. The molecule has 7 nitrogen and oxygen atoms in total. The maximum atomic E-state index is 13.9. The molecule has 8 heteroatoms. The number of nitrogens with zero attached hydrogens (tertiary/aromatic N) is 1. The number of esters is 1. The van der Waals surface area contributed by atoms with Gasteiger partial charge in [0.15, 0.2) is 11.5 Å². The number of nitrogens with one attached hydrogen (secondary N) is 1. The summed E-state index contributed by atoms with van der Waals surface area (Å²) in [4.78, 5) is 26.6. The molecule has 1 aliphatic rings. The van der Waals surface area contributed by atoms with Gasteiger partial charge in [-0.25, -0.2) is 4.79 Å². The van der Waals surface area contributed by atoms with Crippen molar-refractivity contribution < 1.29 is 23.8 Å². The average Bonchev–Trinajstić information content (AvgIpc) is 3.55. The van der Waals surface area contributed by atoms with Crippen LogP contribution in [0.25, 0.3) is 17.0 Å². The van der Waals surface area contributed by atoms with E-state index in [0.29, 0.717) is 24.0 Å². The van der Waals surface area contributed by atoms with Crippen LogP contribution in [0.3, 0.4) is 0 Å². The standard InChI is InChI=1S/C32H32N2O5S/c1-5-37-30(35)15-7-21-6-13-25-26(18-34(4)27(25)16-21)31(23-10-14-28-29(17-23)39-19-38-28)32(36)33-40-24-11-8-22(9-12-24)20(2)3/h6-18,20,31H,5,19H2,1-4H3,(H,33,36)/b15-7+. The zero-order chi connectivity index (χ0) is 28.2. The van der Waals surface area contributed by atoms with Crippen molar-refractivity contribution in [3.05, 3.63) is 95.2 Å². The number of carbonyl (C=O) groups is 2. The molecule has 2 heterocycles. The summed E-state index contributed by atoms with van der Waals surface area (Å²) in [7, 11) is 1.95. The van der Waals surface area contributed by atoms with Gasteiger partial charge in [0.05, 0.1) is 12.5 Å². The maximum Gasteiger partial charge on any atom is 0.330 e. The molecule has 0 aliphatic carbocycles. The second-order valence-corrected chi connectivity index (χ2v) is 10.8. The fourth-order valence-electron chi connectivity index (χ4n) is 4.77. The van der Waals surface area contributed by atoms with E-state index in [1.165, 1.54) is 23.6 Å². The van der Waals surface area contributed by atoms with Crippen molar-refractivity contribution >= 4 is 40.8 Å². The predicted molar refractivity (Wildman–Crippen MR) is 158 cm³/mol. The van der Waals surface area contributed by atoms with E-state index < -0.39 is 5.92 Å². The van der Waals surface area contributed by atoms with Gasteiger partial charge in [-0.3, -0.25) is 9.52 Å². The largest absolute Gasteiger partial charge is 0.463 e. The zero-order valence-corrected chi connectivity index (χ0v) is 23.8. The molecule has 1 unspecified atom stereocenters. The Labute approximate surface area is 238 Å². The number of rotatable bonds is 9. The van der Waals surface area contributed by atoms with Crippen LogP contribution in [-0.2, 0) is 21.4 Å². The number of ether oxygens (including phenoxy) is 3. The van der Waals surface area contributed by atoms with Gasteiger partial charge in [-0.15, -0.1) is 0 Å². The third kappa shape index (κ3) is 5.87. The normalized spacial score (nSPS) is 13.2. The SMILES string of the molecule is CCOC(=O)/C=C/c1ccc2c(C(C(=O)NSc3ccc(C(C)C)cc3)c3ccc4c(c3)OCO4)cn(C)c2c1. The number of hydrogen-bond acceptors (Lipinski definition) is 6. The van der Waals surface area contributed by atoms with Crippen molar-refractivity contribution in [2.45, 2.75) is 37.5 Å². The van der Waals surface area contributed by atoms with Gasteiger partial charge in [0.25, 0.3) is 0 Å². The van der Waals surface area contributed by atoms with Gasteiger partial charge in [-0.2, -0.15) is 0 Å². The molecule has 0 saturated heterocycles. The lowest BCUT2D eigenvalue weighted by Gasteiger charge is -2.17. The average molecular weight is 557 g/mol. The molecule has 1 aromatic heterocycles. The molecule has 0 spiro atoms. The molecule has 4 aromatic rings. The molecule has 1 amide bonds. The number of hydrogen-bond donors (Lipinski definition) is 1. The smallest absolute Gasteiger partial charge is 0.330 e. The van der Waals surface area contributed by atoms with Crippen molar-refractivity contribution in [3.63, 3.8) is 0 Å². The van der Waals surface area contributed by atoms with Crippen LogP contribution in [-0.4, -0.2) is 29.8 Å². The monoisotopic (exact) mass is 556 g/mol. The lowest BCUT2D eigenvalue weighted by atomic mass is 9.90. The van der Waals surface area contributed by atoms with Crippen molar-refractivity contribution in [3.8, 4) is 11.5 Å². The fraction of sp³-hybridized carbons (Fsp3) is 0.250. The summed E-state index contributed by atoms with van der Waals surface area (Å²) >= 11 is 1.30. The summed E-state index contributed by atoms with van der Waals surface area (Å²) in [5.74, 6) is 0.608. The summed E-state index contributed by atoms with van der Waals surface area (Å²) in [6.07, 6.45) is 5.13. The number of carbonyl (C=O) groups excluding carboxylic acids is 2. The molecular weight excluding hydrogens is 524 g/mol. The Morgan fingerprint density at radius 1 is 1.02 bits per heavy atom. The minimum absolute atomic E-state index is 0.143. The van der Waals surface area contributed by atoms with Crippen LogP contribution in [0.4, 0.5) is 0 Å². The van der Waals surface area contributed by atoms with E-state index in [-0.39, 0.29) is 18.7 Å². The zero-order valence-electron chi connectivity index (χ0n) is 23.0. The Kier molecular flexibility index (Phi) is 8.16. The van der Waals surface area contributed by atoms with Gasteiger partial charge in [-0.1, -0.05) is 44.2 Å². The Balaban J connectivity index is 1.48. The van der Waals surface area contributed by atoms with Gasteiger partial charge >= 0.3 is 5.97 Å². The first-order valence-electron chi connectivity index (χ1n) is 13.2. The molecular formula is C32H32N2O5S. The minimum Gasteiger partial charge on any atom is -0.463 e. The molecule has 40 heavy (non-hydrogen) atoms. The molecule has 1 aliphatic heterocycles. The van der Waals surface area contributed by atoms with Gasteiger partial charge in [0, 0.05) is 35.1 Å². The van der Waals surface area contributed by atoms with E-state index in [4.69, 9.17) is 14.2 Å². The molecule has 1 N–H and O–H groups in total. The van der Waals surface area contributed by atoms with E-state index >= 15 is 0 Å². The Morgan fingerprint density at radius 3 is 2.52 bits per heavy atom. The fourth-order valence-corrected chi connectivity index (χ4v) is 5.38. The molecule has 0 saturated carbocycles. The number of benzene rings is 3. The molecule has 206 valence electrons. The number of amides is 1.